The normalized spacial score (nSPS) is 11.8. The van der Waals surface area contributed by atoms with Gasteiger partial charge in [0.05, 0.1) is 5.69 Å². The molecule has 0 aliphatic heterocycles. The largest absolute Gasteiger partial charge is 0.325 e. The Labute approximate surface area is 195 Å². The molecule has 4 aromatic rings. The number of benzene rings is 3. The monoisotopic (exact) mass is 463 g/mol. The number of carbonyl (C=O) groups is 1. The van der Waals surface area contributed by atoms with Crippen molar-refractivity contribution in [1.82, 2.24) is 9.78 Å². The topological polar surface area (TPSA) is 46.9 Å². The quantitative estimate of drug-likeness (QED) is 0.254. The van der Waals surface area contributed by atoms with E-state index >= 15 is 0 Å². The summed E-state index contributed by atoms with van der Waals surface area (Å²) in [6, 6.07) is 25.6. The van der Waals surface area contributed by atoms with E-state index in [-0.39, 0.29) is 5.91 Å². The third kappa shape index (κ3) is 5.12. The number of nitrogens with one attached hydrogen (secondary N) is 1. The van der Waals surface area contributed by atoms with E-state index in [1.54, 1.807) is 4.68 Å². The van der Waals surface area contributed by atoms with Crippen LogP contribution in [0.25, 0.3) is 5.69 Å². The minimum atomic E-state index is -0.453. The number of anilines is 1. The van der Waals surface area contributed by atoms with Gasteiger partial charge in [-0.3, -0.25) is 4.79 Å². The van der Waals surface area contributed by atoms with Crippen molar-refractivity contribution in [1.29, 1.82) is 0 Å². The Bertz CT molecular complexity index is 1250. The molecule has 7 heteroatoms. The third-order valence-electron chi connectivity index (χ3n) is 4.74. The number of carbonyl (C=O) groups excluding carboxylic acids is 1. The summed E-state index contributed by atoms with van der Waals surface area (Å²) in [7, 11) is 0. The van der Waals surface area contributed by atoms with Crippen LogP contribution in [0.4, 0.5) is 5.69 Å². The SMILES string of the molecule is Cc1ccc(C)c(NC(=O)C(Sc2nn(-c3ccccc3)c(=S)s2)c2ccccc2)c1. The number of nitrogens with zero attached hydrogens (tertiary/aromatic N) is 2. The van der Waals surface area contributed by atoms with Crippen LogP contribution in [0.3, 0.4) is 0 Å². The molecule has 0 spiro atoms. The van der Waals surface area contributed by atoms with Crippen LogP contribution in [-0.2, 0) is 4.79 Å². The average molecular weight is 464 g/mol. The van der Waals surface area contributed by atoms with Gasteiger partial charge in [-0.1, -0.05) is 83.8 Å². The second-order valence-electron chi connectivity index (χ2n) is 7.10. The summed E-state index contributed by atoms with van der Waals surface area (Å²) in [5.41, 5.74) is 4.78. The number of thioether (sulfide) groups is 1. The summed E-state index contributed by atoms with van der Waals surface area (Å²) in [5, 5.41) is 7.33. The minimum Gasteiger partial charge on any atom is -0.325 e. The van der Waals surface area contributed by atoms with E-state index in [1.165, 1.54) is 23.1 Å². The van der Waals surface area contributed by atoms with E-state index in [0.717, 1.165) is 32.4 Å². The van der Waals surface area contributed by atoms with E-state index in [1.807, 2.05) is 92.7 Å². The summed E-state index contributed by atoms with van der Waals surface area (Å²) in [4.78, 5) is 13.4. The third-order valence-corrected chi connectivity index (χ3v) is 7.31. The number of rotatable bonds is 6. The molecule has 156 valence electrons. The molecule has 0 aliphatic carbocycles. The molecule has 1 unspecified atom stereocenters. The van der Waals surface area contributed by atoms with E-state index in [0.29, 0.717) is 3.95 Å². The first-order valence-electron chi connectivity index (χ1n) is 9.76. The van der Waals surface area contributed by atoms with Crippen LogP contribution in [0.5, 0.6) is 0 Å². The van der Waals surface area contributed by atoms with Gasteiger partial charge in [-0.25, -0.2) is 4.68 Å². The fourth-order valence-electron chi connectivity index (χ4n) is 3.11. The minimum absolute atomic E-state index is 0.0859. The van der Waals surface area contributed by atoms with Gasteiger partial charge in [0, 0.05) is 5.69 Å². The highest BCUT2D eigenvalue weighted by Gasteiger charge is 2.24. The van der Waals surface area contributed by atoms with Crippen molar-refractivity contribution in [3.8, 4) is 5.69 Å². The van der Waals surface area contributed by atoms with Gasteiger partial charge < -0.3 is 5.32 Å². The van der Waals surface area contributed by atoms with Crippen LogP contribution in [-0.4, -0.2) is 15.7 Å². The summed E-state index contributed by atoms with van der Waals surface area (Å²) in [6.45, 7) is 4.01. The van der Waals surface area contributed by atoms with Crippen molar-refractivity contribution in [2.45, 2.75) is 23.4 Å². The molecule has 4 nitrogen and oxygen atoms in total. The van der Waals surface area contributed by atoms with Crippen LogP contribution < -0.4 is 5.32 Å². The van der Waals surface area contributed by atoms with Gasteiger partial charge in [0.2, 0.25) is 5.91 Å². The summed E-state index contributed by atoms with van der Waals surface area (Å²) >= 11 is 8.36. The number of aryl methyl sites for hydroxylation is 2. The highest BCUT2D eigenvalue weighted by molar-refractivity contribution is 8.02. The zero-order chi connectivity index (χ0) is 21.8. The van der Waals surface area contributed by atoms with Gasteiger partial charge in [-0.2, -0.15) is 0 Å². The molecule has 1 amide bonds. The predicted molar refractivity (Wildman–Crippen MR) is 132 cm³/mol. The van der Waals surface area contributed by atoms with Crippen molar-refractivity contribution in [2.75, 3.05) is 5.32 Å². The maximum Gasteiger partial charge on any atom is 0.242 e. The molecule has 0 bridgehead atoms. The number of hydrogen-bond acceptors (Lipinski definition) is 5. The Morgan fingerprint density at radius 3 is 2.42 bits per heavy atom. The Morgan fingerprint density at radius 2 is 1.71 bits per heavy atom. The first-order valence-corrected chi connectivity index (χ1v) is 11.9. The second-order valence-corrected chi connectivity index (χ2v) is 10.1. The van der Waals surface area contributed by atoms with Crippen LogP contribution in [0.1, 0.15) is 21.9 Å². The fraction of sp³-hybridized carbons (Fsp3) is 0.125. The van der Waals surface area contributed by atoms with Crippen LogP contribution in [0, 0.1) is 17.8 Å². The Kier molecular flexibility index (Phi) is 6.65. The van der Waals surface area contributed by atoms with Gasteiger partial charge >= 0.3 is 0 Å². The molecular formula is C24H21N3OS3. The molecule has 1 N–H and O–H groups in total. The predicted octanol–water partition coefficient (Wildman–Crippen LogP) is 6.75. The highest BCUT2D eigenvalue weighted by Crippen LogP contribution is 2.38. The second kappa shape index (κ2) is 9.60. The molecule has 3 aromatic carbocycles. The lowest BCUT2D eigenvalue weighted by atomic mass is 10.1. The van der Waals surface area contributed by atoms with Crippen molar-refractivity contribution >= 4 is 46.9 Å². The lowest BCUT2D eigenvalue weighted by Gasteiger charge is -2.17. The maximum atomic E-state index is 13.4. The molecular weight excluding hydrogens is 442 g/mol. The summed E-state index contributed by atoms with van der Waals surface area (Å²) in [6.07, 6.45) is 0. The molecule has 1 aromatic heterocycles. The first kappa shape index (κ1) is 21.5. The van der Waals surface area contributed by atoms with Crippen molar-refractivity contribution in [3.63, 3.8) is 0 Å². The van der Waals surface area contributed by atoms with E-state index < -0.39 is 5.25 Å². The first-order chi connectivity index (χ1) is 15.0. The average Bonchev–Trinajstić information content (AvgIpc) is 3.16. The van der Waals surface area contributed by atoms with Crippen molar-refractivity contribution in [3.05, 3.63) is 99.5 Å². The van der Waals surface area contributed by atoms with Crippen LogP contribution >= 0.6 is 35.3 Å². The van der Waals surface area contributed by atoms with Gasteiger partial charge in [0.25, 0.3) is 0 Å². The number of para-hydroxylation sites is 1. The lowest BCUT2D eigenvalue weighted by Crippen LogP contribution is -2.19. The van der Waals surface area contributed by atoms with Gasteiger partial charge in [0.1, 0.15) is 5.25 Å². The molecule has 31 heavy (non-hydrogen) atoms. The van der Waals surface area contributed by atoms with E-state index in [9.17, 15) is 4.79 Å². The lowest BCUT2D eigenvalue weighted by molar-refractivity contribution is -0.115. The number of hydrogen-bond donors (Lipinski definition) is 1. The maximum absolute atomic E-state index is 13.4. The summed E-state index contributed by atoms with van der Waals surface area (Å²) < 4.78 is 3.14. The highest BCUT2D eigenvalue weighted by atomic mass is 32.2. The van der Waals surface area contributed by atoms with E-state index in [2.05, 4.69) is 10.4 Å². The number of amides is 1. The van der Waals surface area contributed by atoms with Crippen molar-refractivity contribution in [2.24, 2.45) is 0 Å². The molecule has 1 atom stereocenters. The number of aromatic nitrogens is 2. The van der Waals surface area contributed by atoms with Gasteiger partial charge in [0.15, 0.2) is 8.29 Å². The molecule has 0 saturated carbocycles. The summed E-state index contributed by atoms with van der Waals surface area (Å²) in [5.74, 6) is -0.0859. The Hall–Kier alpha value is -2.74. The molecule has 0 saturated heterocycles. The van der Waals surface area contributed by atoms with E-state index in [4.69, 9.17) is 12.2 Å². The smallest absolute Gasteiger partial charge is 0.242 e. The Morgan fingerprint density at radius 1 is 1.03 bits per heavy atom. The molecule has 0 aliphatic rings. The zero-order valence-electron chi connectivity index (χ0n) is 17.1. The van der Waals surface area contributed by atoms with Gasteiger partial charge in [-0.15, -0.1) is 5.10 Å². The molecule has 1 heterocycles. The Balaban J connectivity index is 1.64. The fourth-order valence-corrected chi connectivity index (χ4v) is 5.66. The standard InChI is InChI=1S/C24H21N3OS3/c1-16-13-14-17(2)20(15-16)25-22(28)21(18-9-5-3-6-10-18)30-23-26-27(24(29)31-23)19-11-7-4-8-12-19/h3-15,21H,1-2H3,(H,25,28). The molecule has 0 fully saturated rings. The zero-order valence-corrected chi connectivity index (χ0v) is 19.6. The molecule has 0 radical (unpaired) electrons. The van der Waals surface area contributed by atoms with Crippen molar-refractivity contribution < 1.29 is 4.79 Å². The van der Waals surface area contributed by atoms with Crippen LogP contribution in [0.15, 0.2) is 83.2 Å². The van der Waals surface area contributed by atoms with Gasteiger partial charge in [-0.05, 0) is 61.0 Å². The molecule has 4 rings (SSSR count). The van der Waals surface area contributed by atoms with Crippen LogP contribution in [0.2, 0.25) is 0 Å².